The molecule has 1 saturated heterocycles. The molecule has 0 aliphatic carbocycles. The first-order chi connectivity index (χ1) is 16.5. The van der Waals surface area contributed by atoms with E-state index in [-0.39, 0.29) is 18.8 Å². The normalized spacial score (nSPS) is 14.1. The maximum atomic E-state index is 12.8. The summed E-state index contributed by atoms with van der Waals surface area (Å²) in [6.07, 6.45) is 1.62. The van der Waals surface area contributed by atoms with Gasteiger partial charge in [-0.2, -0.15) is 5.26 Å². The molecule has 1 aliphatic rings. The number of rotatable bonds is 7. The van der Waals surface area contributed by atoms with Gasteiger partial charge in [0, 0.05) is 5.56 Å². The minimum absolute atomic E-state index is 0.190. The van der Waals surface area contributed by atoms with E-state index < -0.39 is 11.9 Å². The molecule has 1 fully saturated rings. The average molecular weight is 565 g/mol. The van der Waals surface area contributed by atoms with Crippen LogP contribution >= 0.6 is 22.6 Å². The highest BCUT2D eigenvalue weighted by Gasteiger charge is 2.33. The molecule has 1 N–H and O–H groups in total. The number of imide groups is 1. The van der Waals surface area contributed by atoms with E-state index in [0.29, 0.717) is 22.6 Å². The number of methoxy groups -OCH3 is 1. The highest BCUT2D eigenvalue weighted by molar-refractivity contribution is 14.1. The number of nitrogens with zero attached hydrogens (tertiary/aromatic N) is 2. The summed E-state index contributed by atoms with van der Waals surface area (Å²) in [5, 5.41) is 11.9. The molecule has 0 radical (unpaired) electrons. The Bertz CT molecular complexity index is 1320. The standard InChI is InChI=1S/C26H20IN3O4/c1-33-23-13-18(11-21(27)24(23)34-16-20-10-6-5-9-19(20)14-28)12-22-25(31)30(26(32)29-22)15-17-7-3-2-4-8-17/h2-13H,15-16H2,1H3,(H,29,32)/b22-12+. The molecule has 3 aromatic rings. The minimum atomic E-state index is -0.460. The molecule has 0 saturated carbocycles. The molecule has 0 spiro atoms. The lowest BCUT2D eigenvalue weighted by Gasteiger charge is -2.14. The van der Waals surface area contributed by atoms with Gasteiger partial charge in [0.15, 0.2) is 11.5 Å². The van der Waals surface area contributed by atoms with Crippen LogP contribution in [0.4, 0.5) is 4.79 Å². The molecule has 0 bridgehead atoms. The molecular weight excluding hydrogens is 545 g/mol. The van der Waals surface area contributed by atoms with Crippen LogP contribution in [0.5, 0.6) is 11.5 Å². The van der Waals surface area contributed by atoms with E-state index in [4.69, 9.17) is 9.47 Å². The SMILES string of the molecule is COc1cc(/C=C2/NC(=O)N(Cc3ccccc3)C2=O)cc(I)c1OCc1ccccc1C#N. The van der Waals surface area contributed by atoms with Gasteiger partial charge in [-0.3, -0.25) is 9.69 Å². The van der Waals surface area contributed by atoms with Gasteiger partial charge in [-0.25, -0.2) is 4.79 Å². The molecule has 3 amide bonds. The van der Waals surface area contributed by atoms with Gasteiger partial charge in [0.1, 0.15) is 12.3 Å². The van der Waals surface area contributed by atoms with Crippen molar-refractivity contribution in [3.05, 3.63) is 98.3 Å². The van der Waals surface area contributed by atoms with Crippen molar-refractivity contribution in [1.29, 1.82) is 5.26 Å². The third-order valence-electron chi connectivity index (χ3n) is 5.22. The van der Waals surface area contributed by atoms with Crippen molar-refractivity contribution in [3.63, 3.8) is 0 Å². The number of carbonyl (C=O) groups excluding carboxylic acids is 2. The van der Waals surface area contributed by atoms with Crippen molar-refractivity contribution < 1.29 is 19.1 Å². The maximum Gasteiger partial charge on any atom is 0.329 e. The van der Waals surface area contributed by atoms with Gasteiger partial charge in [0.25, 0.3) is 5.91 Å². The molecule has 34 heavy (non-hydrogen) atoms. The van der Waals surface area contributed by atoms with E-state index in [2.05, 4.69) is 34.0 Å². The lowest BCUT2D eigenvalue weighted by atomic mass is 10.1. The van der Waals surface area contributed by atoms with Crippen LogP contribution in [0.25, 0.3) is 6.08 Å². The quantitative estimate of drug-likeness (QED) is 0.252. The Kier molecular flexibility index (Phi) is 7.13. The molecule has 4 rings (SSSR count). The number of benzene rings is 3. The zero-order valence-electron chi connectivity index (χ0n) is 18.2. The largest absolute Gasteiger partial charge is 0.493 e. The summed E-state index contributed by atoms with van der Waals surface area (Å²) in [6, 6.07) is 21.8. The number of carbonyl (C=O) groups is 2. The topological polar surface area (TPSA) is 91.7 Å². The summed E-state index contributed by atoms with van der Waals surface area (Å²) in [5.41, 5.74) is 3.05. The number of halogens is 1. The van der Waals surface area contributed by atoms with Gasteiger partial charge < -0.3 is 14.8 Å². The Morgan fingerprint density at radius 1 is 1.09 bits per heavy atom. The van der Waals surface area contributed by atoms with Gasteiger partial charge in [0.05, 0.1) is 28.9 Å². The molecule has 0 atom stereocenters. The summed E-state index contributed by atoms with van der Waals surface area (Å²) in [4.78, 5) is 26.4. The van der Waals surface area contributed by atoms with Crippen LogP contribution in [-0.2, 0) is 17.9 Å². The van der Waals surface area contributed by atoms with Crippen LogP contribution in [0.15, 0.2) is 72.4 Å². The highest BCUT2D eigenvalue weighted by Crippen LogP contribution is 2.35. The van der Waals surface area contributed by atoms with Gasteiger partial charge in [-0.05, 0) is 58.0 Å². The third-order valence-corrected chi connectivity index (χ3v) is 6.02. The first-order valence-electron chi connectivity index (χ1n) is 10.4. The number of amides is 3. The maximum absolute atomic E-state index is 12.8. The Hall–Kier alpha value is -3.84. The summed E-state index contributed by atoms with van der Waals surface area (Å²) in [6.45, 7) is 0.403. The van der Waals surface area contributed by atoms with Crippen molar-refractivity contribution in [3.8, 4) is 17.6 Å². The lowest BCUT2D eigenvalue weighted by Crippen LogP contribution is -2.30. The van der Waals surface area contributed by atoms with E-state index in [1.54, 1.807) is 24.3 Å². The predicted octanol–water partition coefficient (Wildman–Crippen LogP) is 4.84. The van der Waals surface area contributed by atoms with Crippen LogP contribution in [0.3, 0.4) is 0 Å². The third kappa shape index (κ3) is 5.05. The number of urea groups is 1. The number of ether oxygens (including phenoxy) is 2. The second-order valence-electron chi connectivity index (χ2n) is 7.46. The van der Waals surface area contributed by atoms with Crippen molar-refractivity contribution in [1.82, 2.24) is 10.2 Å². The molecule has 0 aromatic heterocycles. The summed E-state index contributed by atoms with van der Waals surface area (Å²) < 4.78 is 12.3. The molecule has 3 aromatic carbocycles. The van der Waals surface area contributed by atoms with Crippen molar-refractivity contribution in [2.24, 2.45) is 0 Å². The van der Waals surface area contributed by atoms with Crippen molar-refractivity contribution in [2.45, 2.75) is 13.2 Å². The minimum Gasteiger partial charge on any atom is -0.493 e. The van der Waals surface area contributed by atoms with E-state index in [0.717, 1.165) is 14.7 Å². The Morgan fingerprint density at radius 3 is 2.56 bits per heavy atom. The zero-order valence-corrected chi connectivity index (χ0v) is 20.4. The lowest BCUT2D eigenvalue weighted by molar-refractivity contribution is -0.123. The molecule has 0 unspecified atom stereocenters. The zero-order chi connectivity index (χ0) is 24.1. The monoisotopic (exact) mass is 565 g/mol. The number of nitrogens with one attached hydrogen (secondary N) is 1. The highest BCUT2D eigenvalue weighted by atomic mass is 127. The molecule has 1 heterocycles. The second kappa shape index (κ2) is 10.4. The van der Waals surface area contributed by atoms with Gasteiger partial charge in [-0.1, -0.05) is 48.5 Å². The Balaban J connectivity index is 1.55. The first kappa shape index (κ1) is 23.3. The van der Waals surface area contributed by atoms with Gasteiger partial charge >= 0.3 is 6.03 Å². The van der Waals surface area contributed by atoms with Crippen LogP contribution in [0.2, 0.25) is 0 Å². The smallest absolute Gasteiger partial charge is 0.329 e. The van der Waals surface area contributed by atoms with E-state index in [1.807, 2.05) is 48.5 Å². The number of hydrogen-bond acceptors (Lipinski definition) is 5. The van der Waals surface area contributed by atoms with Gasteiger partial charge in [-0.15, -0.1) is 0 Å². The van der Waals surface area contributed by atoms with Crippen LogP contribution in [0, 0.1) is 14.9 Å². The summed E-state index contributed by atoms with van der Waals surface area (Å²) in [5.74, 6) is 0.618. The van der Waals surface area contributed by atoms with Crippen molar-refractivity contribution in [2.75, 3.05) is 7.11 Å². The van der Waals surface area contributed by atoms with Crippen LogP contribution in [-0.4, -0.2) is 23.9 Å². The fourth-order valence-corrected chi connectivity index (χ4v) is 4.30. The Labute approximate surface area is 210 Å². The van der Waals surface area contributed by atoms with Crippen LogP contribution < -0.4 is 14.8 Å². The number of hydrogen-bond donors (Lipinski definition) is 1. The van der Waals surface area contributed by atoms with Gasteiger partial charge in [0.2, 0.25) is 0 Å². The fourth-order valence-electron chi connectivity index (χ4n) is 3.52. The first-order valence-corrected chi connectivity index (χ1v) is 11.4. The molecule has 1 aliphatic heterocycles. The van der Waals surface area contributed by atoms with Crippen LogP contribution in [0.1, 0.15) is 22.3 Å². The summed E-state index contributed by atoms with van der Waals surface area (Å²) >= 11 is 2.13. The molecule has 170 valence electrons. The van der Waals surface area contributed by atoms with E-state index in [9.17, 15) is 14.9 Å². The van der Waals surface area contributed by atoms with Crippen molar-refractivity contribution >= 4 is 40.6 Å². The molecule has 8 heteroatoms. The predicted molar refractivity (Wildman–Crippen MR) is 135 cm³/mol. The molecule has 7 nitrogen and oxygen atoms in total. The number of nitriles is 1. The summed E-state index contributed by atoms with van der Waals surface area (Å²) in [7, 11) is 1.53. The van der Waals surface area contributed by atoms with E-state index in [1.165, 1.54) is 12.0 Å². The average Bonchev–Trinajstić information content (AvgIpc) is 3.11. The van der Waals surface area contributed by atoms with E-state index >= 15 is 0 Å². The second-order valence-corrected chi connectivity index (χ2v) is 8.62. The molecular formula is C26H20IN3O4. The Morgan fingerprint density at radius 2 is 1.82 bits per heavy atom. The fraction of sp³-hybridized carbons (Fsp3) is 0.115.